The highest BCUT2D eigenvalue weighted by atomic mass is 32.1. The molecular weight excluding hydrogens is 266 g/mol. The maximum atomic E-state index is 12.2. The largest absolute Gasteiger partial charge is 0.480 e. The molecular formula is C13H23NO4S. The van der Waals surface area contributed by atoms with E-state index in [1.807, 2.05) is 0 Å². The van der Waals surface area contributed by atoms with Crippen LogP contribution in [0.1, 0.15) is 32.6 Å². The molecule has 0 aromatic rings. The van der Waals surface area contributed by atoms with Crippen LogP contribution >= 0.6 is 12.6 Å². The molecule has 1 amide bonds. The summed E-state index contributed by atoms with van der Waals surface area (Å²) in [6, 6.07) is 0.0114. The highest BCUT2D eigenvalue weighted by Crippen LogP contribution is 2.26. The van der Waals surface area contributed by atoms with Gasteiger partial charge in [0, 0.05) is 24.8 Å². The Balaban J connectivity index is 2.69. The van der Waals surface area contributed by atoms with Crippen LogP contribution in [-0.4, -0.2) is 53.4 Å². The van der Waals surface area contributed by atoms with E-state index in [2.05, 4.69) is 12.6 Å². The van der Waals surface area contributed by atoms with Crippen LogP contribution in [0.4, 0.5) is 0 Å². The van der Waals surface area contributed by atoms with Crippen LogP contribution in [0.15, 0.2) is 0 Å². The summed E-state index contributed by atoms with van der Waals surface area (Å²) < 4.78 is 5.30. The lowest BCUT2D eigenvalue weighted by Gasteiger charge is -2.36. The fraction of sp³-hybridized carbons (Fsp3) is 0.846. The maximum absolute atomic E-state index is 12.2. The molecule has 1 rings (SSSR count). The molecule has 1 unspecified atom stereocenters. The van der Waals surface area contributed by atoms with Crippen molar-refractivity contribution >= 4 is 24.5 Å². The third-order valence-electron chi connectivity index (χ3n) is 3.70. The van der Waals surface area contributed by atoms with Gasteiger partial charge in [-0.05, 0) is 25.7 Å². The highest BCUT2D eigenvalue weighted by Gasteiger charge is 2.31. The Hall–Kier alpha value is -0.750. The van der Waals surface area contributed by atoms with E-state index in [1.54, 1.807) is 14.0 Å². The molecule has 1 aliphatic carbocycles. The van der Waals surface area contributed by atoms with Gasteiger partial charge in [0.05, 0.1) is 6.10 Å². The zero-order valence-corrected chi connectivity index (χ0v) is 12.4. The molecule has 0 spiro atoms. The van der Waals surface area contributed by atoms with Crippen LogP contribution in [0.25, 0.3) is 0 Å². The number of hydrogen-bond donors (Lipinski definition) is 2. The summed E-state index contributed by atoms with van der Waals surface area (Å²) in [6.07, 6.45) is 3.59. The predicted molar refractivity (Wildman–Crippen MR) is 75.4 cm³/mol. The molecule has 1 saturated carbocycles. The monoisotopic (exact) mass is 289 g/mol. The van der Waals surface area contributed by atoms with E-state index in [1.165, 1.54) is 4.90 Å². The van der Waals surface area contributed by atoms with Gasteiger partial charge in [0.15, 0.2) is 0 Å². The molecule has 1 fully saturated rings. The van der Waals surface area contributed by atoms with E-state index < -0.39 is 5.97 Å². The Labute approximate surface area is 119 Å². The second-order valence-electron chi connectivity index (χ2n) is 5.11. The smallest absolute Gasteiger partial charge is 0.323 e. The molecule has 0 heterocycles. The summed E-state index contributed by atoms with van der Waals surface area (Å²) >= 11 is 4.12. The van der Waals surface area contributed by atoms with Crippen molar-refractivity contribution in [2.24, 2.45) is 5.92 Å². The van der Waals surface area contributed by atoms with Gasteiger partial charge < -0.3 is 14.7 Å². The van der Waals surface area contributed by atoms with Crippen molar-refractivity contribution in [1.29, 1.82) is 0 Å². The second kappa shape index (κ2) is 7.75. The van der Waals surface area contributed by atoms with Crippen LogP contribution in [0.5, 0.6) is 0 Å². The van der Waals surface area contributed by atoms with Gasteiger partial charge >= 0.3 is 5.97 Å². The molecule has 0 bridgehead atoms. The van der Waals surface area contributed by atoms with Gasteiger partial charge in [-0.3, -0.25) is 9.59 Å². The standard InChI is InChI=1S/C13H23NO4S/c1-9(8-19)13(17)14(7-12(15)16)10-3-5-11(18-2)6-4-10/h9-11,19H,3-8H2,1-2H3,(H,15,16). The lowest BCUT2D eigenvalue weighted by Crippen LogP contribution is -2.48. The quantitative estimate of drug-likeness (QED) is 0.726. The zero-order chi connectivity index (χ0) is 14.4. The van der Waals surface area contributed by atoms with E-state index in [-0.39, 0.29) is 30.5 Å². The first-order valence-electron chi connectivity index (χ1n) is 6.65. The normalized spacial score (nSPS) is 24.8. The summed E-state index contributed by atoms with van der Waals surface area (Å²) in [7, 11) is 1.69. The number of nitrogens with zero attached hydrogens (tertiary/aromatic N) is 1. The zero-order valence-electron chi connectivity index (χ0n) is 11.5. The molecule has 0 aliphatic heterocycles. The summed E-state index contributed by atoms with van der Waals surface area (Å²) in [5, 5.41) is 8.98. The van der Waals surface area contributed by atoms with Gasteiger partial charge in [-0.25, -0.2) is 0 Å². The Kier molecular flexibility index (Phi) is 6.65. The van der Waals surface area contributed by atoms with Crippen LogP contribution in [-0.2, 0) is 14.3 Å². The van der Waals surface area contributed by atoms with E-state index in [9.17, 15) is 9.59 Å². The molecule has 19 heavy (non-hydrogen) atoms. The highest BCUT2D eigenvalue weighted by molar-refractivity contribution is 7.80. The van der Waals surface area contributed by atoms with Crippen molar-refractivity contribution < 1.29 is 19.4 Å². The van der Waals surface area contributed by atoms with Gasteiger partial charge in [-0.2, -0.15) is 12.6 Å². The molecule has 6 heteroatoms. The molecule has 1 atom stereocenters. The lowest BCUT2D eigenvalue weighted by molar-refractivity contribution is -0.148. The van der Waals surface area contributed by atoms with Crippen molar-refractivity contribution in [3.05, 3.63) is 0 Å². The van der Waals surface area contributed by atoms with E-state index in [0.717, 1.165) is 25.7 Å². The summed E-state index contributed by atoms with van der Waals surface area (Å²) in [6.45, 7) is 1.56. The van der Waals surface area contributed by atoms with Crippen molar-refractivity contribution in [2.45, 2.75) is 44.8 Å². The van der Waals surface area contributed by atoms with Gasteiger partial charge in [0.25, 0.3) is 0 Å². The molecule has 0 aromatic carbocycles. The molecule has 5 nitrogen and oxygen atoms in total. The number of hydrogen-bond acceptors (Lipinski definition) is 4. The van der Waals surface area contributed by atoms with Crippen LogP contribution in [0.2, 0.25) is 0 Å². The fourth-order valence-corrected chi connectivity index (χ4v) is 2.64. The first-order valence-corrected chi connectivity index (χ1v) is 7.28. The van der Waals surface area contributed by atoms with Crippen LogP contribution in [0, 0.1) is 5.92 Å². The van der Waals surface area contributed by atoms with Gasteiger partial charge in [-0.15, -0.1) is 0 Å². The Morgan fingerprint density at radius 3 is 2.37 bits per heavy atom. The number of aliphatic carboxylic acids is 1. The second-order valence-corrected chi connectivity index (χ2v) is 5.47. The fourth-order valence-electron chi connectivity index (χ4n) is 2.49. The molecule has 0 aromatic heterocycles. The predicted octanol–water partition coefficient (Wildman–Crippen LogP) is 1.42. The number of rotatable bonds is 6. The number of methoxy groups -OCH3 is 1. The van der Waals surface area contributed by atoms with Gasteiger partial charge in [-0.1, -0.05) is 6.92 Å². The Morgan fingerprint density at radius 1 is 1.37 bits per heavy atom. The number of thiol groups is 1. The summed E-state index contributed by atoms with van der Waals surface area (Å²) in [5.41, 5.74) is 0. The average molecular weight is 289 g/mol. The summed E-state index contributed by atoms with van der Waals surface area (Å²) in [4.78, 5) is 24.7. The molecule has 0 saturated heterocycles. The molecule has 1 N–H and O–H groups in total. The number of ether oxygens (including phenoxy) is 1. The van der Waals surface area contributed by atoms with E-state index in [4.69, 9.17) is 9.84 Å². The number of carboxylic acid groups (broad SMARTS) is 1. The third kappa shape index (κ3) is 4.69. The molecule has 1 aliphatic rings. The summed E-state index contributed by atoms with van der Waals surface area (Å²) in [5.74, 6) is -0.891. The number of carbonyl (C=O) groups excluding carboxylic acids is 1. The first kappa shape index (κ1) is 16.3. The average Bonchev–Trinajstić information content (AvgIpc) is 2.43. The minimum absolute atomic E-state index is 0.0114. The Bertz CT molecular complexity index is 316. The van der Waals surface area contributed by atoms with Gasteiger partial charge in [0.1, 0.15) is 6.54 Å². The van der Waals surface area contributed by atoms with Crippen LogP contribution in [0.3, 0.4) is 0 Å². The van der Waals surface area contributed by atoms with Crippen LogP contribution < -0.4 is 0 Å². The van der Waals surface area contributed by atoms with E-state index >= 15 is 0 Å². The molecule has 0 radical (unpaired) electrons. The topological polar surface area (TPSA) is 66.8 Å². The SMILES string of the molecule is COC1CCC(N(CC(=O)O)C(=O)C(C)CS)CC1. The minimum atomic E-state index is -0.964. The minimum Gasteiger partial charge on any atom is -0.480 e. The maximum Gasteiger partial charge on any atom is 0.323 e. The van der Waals surface area contributed by atoms with Gasteiger partial charge in [0.2, 0.25) is 5.91 Å². The third-order valence-corrected chi connectivity index (χ3v) is 4.25. The first-order chi connectivity index (χ1) is 8.99. The van der Waals surface area contributed by atoms with Crippen molar-refractivity contribution in [3.63, 3.8) is 0 Å². The van der Waals surface area contributed by atoms with Crippen molar-refractivity contribution in [2.75, 3.05) is 19.4 Å². The lowest BCUT2D eigenvalue weighted by atomic mass is 9.91. The van der Waals surface area contributed by atoms with Crippen molar-refractivity contribution in [1.82, 2.24) is 4.90 Å². The Morgan fingerprint density at radius 2 is 1.95 bits per heavy atom. The number of carbonyl (C=O) groups is 2. The van der Waals surface area contributed by atoms with Crippen molar-refractivity contribution in [3.8, 4) is 0 Å². The number of amides is 1. The molecule has 110 valence electrons. The van der Waals surface area contributed by atoms with E-state index in [0.29, 0.717) is 5.75 Å². The number of carboxylic acids is 1.